The fourth-order valence-electron chi connectivity index (χ4n) is 3.40. The topological polar surface area (TPSA) is 105 Å². The van der Waals surface area contributed by atoms with Gasteiger partial charge in [-0.1, -0.05) is 29.3 Å². The highest BCUT2D eigenvalue weighted by Crippen LogP contribution is 2.32. The first-order valence-corrected chi connectivity index (χ1v) is 10.8. The third kappa shape index (κ3) is 5.05. The van der Waals surface area contributed by atoms with Crippen molar-refractivity contribution in [3.05, 3.63) is 100 Å². The molecule has 0 saturated heterocycles. The van der Waals surface area contributed by atoms with E-state index in [1.165, 1.54) is 18.2 Å². The molecule has 2 aromatic carbocycles. The molecule has 0 bridgehead atoms. The molecule has 9 heteroatoms. The average molecular weight is 480 g/mol. The summed E-state index contributed by atoms with van der Waals surface area (Å²) in [6, 6.07) is 15.3. The smallest absolute Gasteiger partial charge is 0.258 e. The monoisotopic (exact) mass is 479 g/mol. The molecule has 4 rings (SSSR count). The molecule has 0 fully saturated rings. The largest absolute Gasteiger partial charge is 0.366 e. The standard InChI is InChI=1S/C24H19Cl2N5O2/c25-20-7-5-17(12-19(20)22-3-1-2-9-29-22)31(10-8-16-13-28-14-30-16)24(33)15-4-6-18(23(27)32)21(26)11-15/h1-7,9,11-14H,8,10H2,(H2,27,32)(H,28,30). The number of hydrogen-bond acceptors (Lipinski definition) is 4. The van der Waals surface area contributed by atoms with E-state index in [9.17, 15) is 9.59 Å². The van der Waals surface area contributed by atoms with E-state index in [1.807, 2.05) is 24.3 Å². The number of carbonyl (C=O) groups is 2. The molecule has 0 saturated carbocycles. The van der Waals surface area contributed by atoms with Crippen LogP contribution in [0.15, 0.2) is 73.3 Å². The van der Waals surface area contributed by atoms with Crippen LogP contribution in [0.2, 0.25) is 10.0 Å². The minimum atomic E-state index is -0.659. The number of amides is 2. The Morgan fingerprint density at radius 3 is 2.55 bits per heavy atom. The average Bonchev–Trinajstić information content (AvgIpc) is 3.34. The molecule has 33 heavy (non-hydrogen) atoms. The first-order valence-electron chi connectivity index (χ1n) is 10.0. The SMILES string of the molecule is NC(=O)c1ccc(C(=O)N(CCc2cnc[nH]2)c2ccc(Cl)c(-c3ccccn3)c2)cc1Cl. The van der Waals surface area contributed by atoms with Crippen LogP contribution in [0.5, 0.6) is 0 Å². The third-order valence-electron chi connectivity index (χ3n) is 5.09. The predicted octanol–water partition coefficient (Wildman–Crippen LogP) is 4.77. The van der Waals surface area contributed by atoms with Crippen LogP contribution in [0.25, 0.3) is 11.3 Å². The second-order valence-electron chi connectivity index (χ2n) is 7.22. The van der Waals surface area contributed by atoms with Crippen molar-refractivity contribution in [1.82, 2.24) is 15.0 Å². The number of hydrogen-bond donors (Lipinski definition) is 2. The van der Waals surface area contributed by atoms with E-state index in [1.54, 1.807) is 35.8 Å². The normalized spacial score (nSPS) is 10.7. The molecule has 7 nitrogen and oxygen atoms in total. The fourth-order valence-corrected chi connectivity index (χ4v) is 3.89. The summed E-state index contributed by atoms with van der Waals surface area (Å²) in [5.74, 6) is -0.950. The number of anilines is 1. The second-order valence-corrected chi connectivity index (χ2v) is 8.04. The summed E-state index contributed by atoms with van der Waals surface area (Å²) in [5.41, 5.74) is 8.73. The van der Waals surface area contributed by atoms with Crippen LogP contribution in [0, 0.1) is 0 Å². The molecule has 0 spiro atoms. The van der Waals surface area contributed by atoms with Crippen molar-refractivity contribution in [2.75, 3.05) is 11.4 Å². The number of nitrogens with one attached hydrogen (secondary N) is 1. The van der Waals surface area contributed by atoms with Crippen LogP contribution in [0.4, 0.5) is 5.69 Å². The Labute approximate surface area is 200 Å². The molecule has 2 heterocycles. The number of pyridine rings is 1. The van der Waals surface area contributed by atoms with Crippen LogP contribution in [-0.4, -0.2) is 33.3 Å². The van der Waals surface area contributed by atoms with Gasteiger partial charge in [-0.15, -0.1) is 0 Å². The van der Waals surface area contributed by atoms with Crippen molar-refractivity contribution < 1.29 is 9.59 Å². The Morgan fingerprint density at radius 1 is 1.03 bits per heavy atom. The lowest BCUT2D eigenvalue weighted by Gasteiger charge is -2.24. The van der Waals surface area contributed by atoms with Gasteiger partial charge in [0.2, 0.25) is 5.91 Å². The highest BCUT2D eigenvalue weighted by molar-refractivity contribution is 6.34. The first kappa shape index (κ1) is 22.5. The zero-order valence-electron chi connectivity index (χ0n) is 17.3. The zero-order valence-corrected chi connectivity index (χ0v) is 18.8. The molecule has 2 aromatic heterocycles. The Balaban J connectivity index is 1.73. The van der Waals surface area contributed by atoms with Gasteiger partial charge in [0.1, 0.15) is 0 Å². The van der Waals surface area contributed by atoms with Gasteiger partial charge in [-0.05, 0) is 48.5 Å². The van der Waals surface area contributed by atoms with Crippen LogP contribution < -0.4 is 10.6 Å². The van der Waals surface area contributed by atoms with E-state index in [2.05, 4.69) is 15.0 Å². The van der Waals surface area contributed by atoms with Gasteiger partial charge in [-0.2, -0.15) is 0 Å². The van der Waals surface area contributed by atoms with Crippen molar-refractivity contribution in [1.29, 1.82) is 0 Å². The maximum atomic E-state index is 13.5. The number of halogens is 2. The highest BCUT2D eigenvalue weighted by Gasteiger charge is 2.21. The van der Waals surface area contributed by atoms with Gasteiger partial charge < -0.3 is 15.6 Å². The molecule has 0 radical (unpaired) electrons. The van der Waals surface area contributed by atoms with Gasteiger partial charge in [0.25, 0.3) is 5.91 Å². The van der Waals surface area contributed by atoms with Gasteiger partial charge >= 0.3 is 0 Å². The lowest BCUT2D eigenvalue weighted by molar-refractivity contribution is 0.0980. The molecule has 4 aromatic rings. The number of primary amides is 1. The van der Waals surface area contributed by atoms with Crippen LogP contribution in [0.3, 0.4) is 0 Å². The quantitative estimate of drug-likeness (QED) is 0.398. The summed E-state index contributed by atoms with van der Waals surface area (Å²) in [6.45, 7) is 0.361. The van der Waals surface area contributed by atoms with E-state index in [-0.39, 0.29) is 16.5 Å². The number of nitrogens with two attached hydrogens (primary N) is 1. The summed E-state index contributed by atoms with van der Waals surface area (Å²) in [4.78, 5) is 38.1. The Kier molecular flexibility index (Phi) is 6.72. The minimum absolute atomic E-state index is 0.118. The second kappa shape index (κ2) is 9.85. The van der Waals surface area contributed by atoms with Crippen LogP contribution >= 0.6 is 23.2 Å². The van der Waals surface area contributed by atoms with Crippen molar-refractivity contribution in [2.24, 2.45) is 5.73 Å². The predicted molar refractivity (Wildman–Crippen MR) is 129 cm³/mol. The van der Waals surface area contributed by atoms with Gasteiger partial charge in [0.05, 0.1) is 27.6 Å². The molecule has 0 aliphatic heterocycles. The number of aromatic amines is 1. The van der Waals surface area contributed by atoms with Crippen molar-refractivity contribution in [3.63, 3.8) is 0 Å². The highest BCUT2D eigenvalue weighted by atomic mass is 35.5. The van der Waals surface area contributed by atoms with Gasteiger partial charge in [-0.3, -0.25) is 14.6 Å². The number of carbonyl (C=O) groups excluding carboxylic acids is 2. The van der Waals surface area contributed by atoms with E-state index in [0.29, 0.717) is 40.5 Å². The minimum Gasteiger partial charge on any atom is -0.366 e. The number of rotatable bonds is 7. The molecule has 0 atom stereocenters. The summed E-state index contributed by atoms with van der Waals surface area (Å²) in [7, 11) is 0. The summed E-state index contributed by atoms with van der Waals surface area (Å²) >= 11 is 12.6. The van der Waals surface area contributed by atoms with Crippen molar-refractivity contribution >= 4 is 40.7 Å². The number of imidazole rings is 1. The van der Waals surface area contributed by atoms with Crippen molar-refractivity contribution in [3.8, 4) is 11.3 Å². The van der Waals surface area contributed by atoms with E-state index >= 15 is 0 Å². The number of H-pyrrole nitrogens is 1. The Morgan fingerprint density at radius 2 is 1.88 bits per heavy atom. The fraction of sp³-hybridized carbons (Fsp3) is 0.0833. The maximum Gasteiger partial charge on any atom is 0.258 e. The molecular weight excluding hydrogens is 461 g/mol. The van der Waals surface area contributed by atoms with Gasteiger partial charge in [0.15, 0.2) is 0 Å². The van der Waals surface area contributed by atoms with E-state index < -0.39 is 5.91 Å². The summed E-state index contributed by atoms with van der Waals surface area (Å²) in [6.07, 6.45) is 5.52. The van der Waals surface area contributed by atoms with E-state index in [4.69, 9.17) is 28.9 Å². The number of aromatic nitrogens is 3. The van der Waals surface area contributed by atoms with Gasteiger partial charge in [0, 0.05) is 47.9 Å². The number of nitrogens with zero attached hydrogens (tertiary/aromatic N) is 3. The maximum absolute atomic E-state index is 13.5. The van der Waals surface area contributed by atoms with E-state index in [0.717, 1.165) is 5.69 Å². The molecule has 166 valence electrons. The zero-order chi connectivity index (χ0) is 23.4. The Bertz CT molecular complexity index is 1290. The Hall–Kier alpha value is -3.68. The van der Waals surface area contributed by atoms with Crippen molar-refractivity contribution in [2.45, 2.75) is 6.42 Å². The lowest BCUT2D eigenvalue weighted by atomic mass is 10.1. The number of benzene rings is 2. The molecule has 0 aliphatic carbocycles. The van der Waals surface area contributed by atoms with Crippen LogP contribution in [-0.2, 0) is 6.42 Å². The molecular formula is C24H19Cl2N5O2. The lowest BCUT2D eigenvalue weighted by Crippen LogP contribution is -2.33. The molecule has 0 aliphatic rings. The summed E-state index contributed by atoms with van der Waals surface area (Å²) in [5, 5.41) is 0.638. The summed E-state index contributed by atoms with van der Waals surface area (Å²) < 4.78 is 0. The first-order chi connectivity index (χ1) is 15.9. The molecule has 0 unspecified atom stereocenters. The molecule has 3 N–H and O–H groups in total. The van der Waals surface area contributed by atoms with Gasteiger partial charge in [-0.25, -0.2) is 4.98 Å². The molecule has 2 amide bonds. The van der Waals surface area contributed by atoms with Crippen LogP contribution in [0.1, 0.15) is 26.4 Å². The third-order valence-corrected chi connectivity index (χ3v) is 5.73.